The number of rotatable bonds is 7. The van der Waals surface area contributed by atoms with Gasteiger partial charge in [-0.3, -0.25) is 14.9 Å². The second-order valence-corrected chi connectivity index (χ2v) is 4.29. The van der Waals surface area contributed by atoms with Gasteiger partial charge in [-0.2, -0.15) is 0 Å². The maximum atomic E-state index is 10.9. The zero-order valence-electron chi connectivity index (χ0n) is 10.5. The molecule has 0 saturated carbocycles. The number of nitro groups is 1. The molecule has 0 fully saturated rings. The van der Waals surface area contributed by atoms with Crippen LogP contribution in [0.5, 0.6) is 0 Å². The predicted molar refractivity (Wildman–Crippen MR) is 71.3 cm³/mol. The summed E-state index contributed by atoms with van der Waals surface area (Å²) in [6, 6.07) is 4.47. The number of methoxy groups -OCH3 is 1. The van der Waals surface area contributed by atoms with Gasteiger partial charge < -0.3 is 10.1 Å². The molecule has 0 heterocycles. The van der Waals surface area contributed by atoms with Crippen molar-refractivity contribution >= 4 is 23.3 Å². The Morgan fingerprint density at radius 3 is 2.84 bits per heavy atom. The number of hydrogen-bond donors (Lipinski definition) is 1. The smallest absolute Gasteiger partial charge is 0.306 e. The molecule has 0 atom stereocenters. The fourth-order valence-electron chi connectivity index (χ4n) is 1.57. The van der Waals surface area contributed by atoms with Crippen LogP contribution in [0.15, 0.2) is 18.2 Å². The second-order valence-electron chi connectivity index (χ2n) is 3.86. The van der Waals surface area contributed by atoms with Crippen LogP contribution in [0, 0.1) is 10.1 Å². The van der Waals surface area contributed by atoms with Gasteiger partial charge in [-0.25, -0.2) is 0 Å². The molecule has 0 aliphatic rings. The molecule has 6 nitrogen and oxygen atoms in total. The molecule has 0 bridgehead atoms. The molecule has 104 valence electrons. The number of benzene rings is 1. The largest absolute Gasteiger partial charge is 0.469 e. The van der Waals surface area contributed by atoms with Gasteiger partial charge in [-0.05, 0) is 25.1 Å². The van der Waals surface area contributed by atoms with Crippen molar-refractivity contribution in [3.05, 3.63) is 38.9 Å². The lowest BCUT2D eigenvalue weighted by molar-refractivity contribution is -0.385. The number of halogens is 1. The number of ether oxygens (including phenoxy) is 1. The molecule has 0 aromatic heterocycles. The van der Waals surface area contributed by atoms with Crippen molar-refractivity contribution in [2.75, 3.05) is 20.2 Å². The Bertz CT molecular complexity index is 465. The summed E-state index contributed by atoms with van der Waals surface area (Å²) in [5, 5.41) is 14.3. The van der Waals surface area contributed by atoms with Gasteiger partial charge in [-0.15, -0.1) is 0 Å². The van der Waals surface area contributed by atoms with E-state index in [4.69, 9.17) is 11.6 Å². The van der Waals surface area contributed by atoms with E-state index in [0.717, 1.165) is 0 Å². The average Bonchev–Trinajstić information content (AvgIpc) is 2.37. The summed E-state index contributed by atoms with van der Waals surface area (Å²) in [5.74, 6) is -0.291. The van der Waals surface area contributed by atoms with Crippen LogP contribution in [0.4, 0.5) is 5.69 Å². The Morgan fingerprint density at radius 2 is 2.21 bits per heavy atom. The van der Waals surface area contributed by atoms with Crippen LogP contribution in [0.1, 0.15) is 12.0 Å². The van der Waals surface area contributed by atoms with Crippen LogP contribution in [0.3, 0.4) is 0 Å². The highest BCUT2D eigenvalue weighted by Gasteiger charge is 2.13. The van der Waals surface area contributed by atoms with Crippen molar-refractivity contribution in [1.82, 2.24) is 5.32 Å². The number of carbonyl (C=O) groups excluding carboxylic acids is 1. The van der Waals surface area contributed by atoms with E-state index in [2.05, 4.69) is 10.1 Å². The maximum Gasteiger partial charge on any atom is 0.306 e. The number of carbonyl (C=O) groups is 1. The molecule has 1 rings (SSSR count). The lowest BCUT2D eigenvalue weighted by Crippen LogP contribution is -2.21. The minimum Gasteiger partial charge on any atom is -0.469 e. The van der Waals surface area contributed by atoms with Gasteiger partial charge in [0.05, 0.1) is 18.5 Å². The van der Waals surface area contributed by atoms with Crippen LogP contribution in [-0.4, -0.2) is 31.1 Å². The Balaban J connectivity index is 2.46. The topological polar surface area (TPSA) is 81.5 Å². The first-order valence-electron chi connectivity index (χ1n) is 5.75. The maximum absolute atomic E-state index is 10.9. The monoisotopic (exact) mass is 286 g/mol. The summed E-state index contributed by atoms with van der Waals surface area (Å²) in [6.07, 6.45) is 0.742. The summed E-state index contributed by atoms with van der Waals surface area (Å²) >= 11 is 5.82. The van der Waals surface area contributed by atoms with Gasteiger partial charge in [0.1, 0.15) is 0 Å². The van der Waals surface area contributed by atoms with Gasteiger partial charge in [0.15, 0.2) is 0 Å². The Labute approximate surface area is 115 Å². The van der Waals surface area contributed by atoms with Crippen molar-refractivity contribution in [1.29, 1.82) is 0 Å². The fraction of sp³-hybridized carbons (Fsp3) is 0.417. The molecular formula is C12H15ClN2O4. The zero-order valence-corrected chi connectivity index (χ0v) is 11.3. The molecular weight excluding hydrogens is 272 g/mol. The second kappa shape index (κ2) is 7.70. The summed E-state index contributed by atoms with van der Waals surface area (Å²) in [4.78, 5) is 21.3. The number of esters is 1. The highest BCUT2D eigenvalue weighted by Crippen LogP contribution is 2.22. The highest BCUT2D eigenvalue weighted by atomic mass is 35.5. The lowest BCUT2D eigenvalue weighted by atomic mass is 10.1. The molecule has 0 saturated heterocycles. The molecule has 0 aliphatic heterocycles. The van der Waals surface area contributed by atoms with E-state index < -0.39 is 4.92 Å². The Hall–Kier alpha value is -1.66. The molecule has 0 spiro atoms. The van der Waals surface area contributed by atoms with Crippen molar-refractivity contribution in [3.8, 4) is 0 Å². The van der Waals surface area contributed by atoms with Crippen molar-refractivity contribution in [2.24, 2.45) is 0 Å². The first-order chi connectivity index (χ1) is 9.04. The predicted octanol–water partition coefficient (Wildman–Crippen LogP) is 1.94. The molecule has 1 aromatic carbocycles. The van der Waals surface area contributed by atoms with Gasteiger partial charge in [0, 0.05) is 23.2 Å². The lowest BCUT2D eigenvalue weighted by Gasteiger charge is -2.05. The third-order valence-corrected chi connectivity index (χ3v) is 2.78. The number of nitro benzene ring substituents is 1. The summed E-state index contributed by atoms with van der Waals surface area (Å²) in [7, 11) is 1.33. The normalized spacial score (nSPS) is 10.2. The molecule has 0 unspecified atom stereocenters. The van der Waals surface area contributed by atoms with E-state index in [-0.39, 0.29) is 18.1 Å². The van der Waals surface area contributed by atoms with Crippen molar-refractivity contribution in [2.45, 2.75) is 12.8 Å². The quantitative estimate of drug-likeness (QED) is 0.358. The minimum atomic E-state index is -0.430. The number of nitrogens with zero attached hydrogens (tertiary/aromatic N) is 1. The zero-order chi connectivity index (χ0) is 14.3. The summed E-state index contributed by atoms with van der Waals surface area (Å²) in [5.41, 5.74) is 0.627. The number of nitrogens with one attached hydrogen (secondary N) is 1. The van der Waals surface area contributed by atoms with E-state index in [1.54, 1.807) is 6.07 Å². The molecule has 7 heteroatoms. The molecule has 1 N–H and O–H groups in total. The first kappa shape index (κ1) is 15.4. The molecule has 19 heavy (non-hydrogen) atoms. The first-order valence-corrected chi connectivity index (χ1v) is 6.12. The van der Waals surface area contributed by atoms with Gasteiger partial charge in [0.2, 0.25) is 0 Å². The Kier molecular flexibility index (Phi) is 6.24. The molecule has 1 aromatic rings. The summed E-state index contributed by atoms with van der Waals surface area (Å²) < 4.78 is 4.50. The average molecular weight is 287 g/mol. The van der Waals surface area contributed by atoms with E-state index in [9.17, 15) is 14.9 Å². The van der Waals surface area contributed by atoms with Crippen LogP contribution < -0.4 is 5.32 Å². The van der Waals surface area contributed by atoms with Crippen LogP contribution in [0.2, 0.25) is 5.02 Å². The van der Waals surface area contributed by atoms with E-state index in [0.29, 0.717) is 30.1 Å². The molecule has 0 amide bonds. The minimum absolute atomic E-state index is 0.0548. The van der Waals surface area contributed by atoms with Gasteiger partial charge in [0.25, 0.3) is 5.69 Å². The third kappa shape index (κ3) is 5.23. The third-order valence-electron chi connectivity index (χ3n) is 2.54. The van der Waals surface area contributed by atoms with E-state index in [1.807, 2.05) is 0 Å². The molecule has 0 radical (unpaired) electrons. The van der Waals surface area contributed by atoms with E-state index in [1.165, 1.54) is 19.2 Å². The standard InChI is InChI=1S/C12H15ClN2O4/c1-19-12(16)5-7-14-6-4-9-8-10(13)2-3-11(9)15(17)18/h2-3,8,14H,4-7H2,1H3. The van der Waals surface area contributed by atoms with Crippen molar-refractivity contribution in [3.63, 3.8) is 0 Å². The van der Waals surface area contributed by atoms with Gasteiger partial charge in [-0.1, -0.05) is 11.6 Å². The number of hydrogen-bond acceptors (Lipinski definition) is 5. The SMILES string of the molecule is COC(=O)CCNCCc1cc(Cl)ccc1[N+](=O)[O-]. The fourth-order valence-corrected chi connectivity index (χ4v) is 1.77. The van der Waals surface area contributed by atoms with Crippen molar-refractivity contribution < 1.29 is 14.5 Å². The highest BCUT2D eigenvalue weighted by molar-refractivity contribution is 6.30. The molecule has 0 aliphatic carbocycles. The van der Waals surface area contributed by atoms with Gasteiger partial charge >= 0.3 is 5.97 Å². The van der Waals surface area contributed by atoms with Crippen LogP contribution >= 0.6 is 11.6 Å². The van der Waals surface area contributed by atoms with Crippen LogP contribution in [-0.2, 0) is 16.0 Å². The van der Waals surface area contributed by atoms with Crippen LogP contribution in [0.25, 0.3) is 0 Å². The Morgan fingerprint density at radius 1 is 1.47 bits per heavy atom. The van der Waals surface area contributed by atoms with E-state index >= 15 is 0 Å². The summed E-state index contributed by atoms with van der Waals surface area (Å²) in [6.45, 7) is 0.999.